The van der Waals surface area contributed by atoms with E-state index >= 15 is 0 Å². The highest BCUT2D eigenvalue weighted by Crippen LogP contribution is 2.27. The molecule has 1 aromatic carbocycles. The number of rotatable bonds is 3. The molecule has 7 nitrogen and oxygen atoms in total. The van der Waals surface area contributed by atoms with E-state index < -0.39 is 0 Å². The number of fused-ring (bicyclic) bond motifs is 2. The molecule has 0 aliphatic heterocycles. The van der Waals surface area contributed by atoms with E-state index in [0.717, 1.165) is 39.4 Å². The molecule has 0 spiro atoms. The smallest absolute Gasteiger partial charge is 0.163 e. The number of para-hydroxylation sites is 2. The summed E-state index contributed by atoms with van der Waals surface area (Å²) < 4.78 is 1.79. The van der Waals surface area contributed by atoms with Crippen LogP contribution in [0.1, 0.15) is 30.3 Å². The molecule has 0 saturated heterocycles. The predicted octanol–water partition coefficient (Wildman–Crippen LogP) is 3.03. The minimum atomic E-state index is -0.0190. The van der Waals surface area contributed by atoms with Gasteiger partial charge in [0, 0.05) is 7.05 Å². The lowest BCUT2D eigenvalue weighted by Crippen LogP contribution is -2.11. The zero-order valence-corrected chi connectivity index (χ0v) is 14.1. The molecule has 3 heterocycles. The average molecular weight is 321 g/mol. The van der Waals surface area contributed by atoms with Gasteiger partial charge in [-0.2, -0.15) is 5.10 Å². The first-order chi connectivity index (χ1) is 11.5. The van der Waals surface area contributed by atoms with Crippen molar-refractivity contribution in [2.45, 2.75) is 26.8 Å². The standard InChI is InChI=1S/C17H19N7/c1-9-14-16(19-11(3)20-17(14)24(4)23-9)18-10(2)15-21-12-7-5-6-8-13(12)22-15/h5-8,10H,1-4H3,(H,21,22)(H,18,19,20)/t10-/m0/s1. The summed E-state index contributed by atoms with van der Waals surface area (Å²) in [6.45, 7) is 5.92. The van der Waals surface area contributed by atoms with Crippen molar-refractivity contribution in [2.75, 3.05) is 5.32 Å². The van der Waals surface area contributed by atoms with E-state index in [1.54, 1.807) is 4.68 Å². The Morgan fingerprint density at radius 1 is 1.12 bits per heavy atom. The third-order valence-electron chi connectivity index (χ3n) is 4.14. The van der Waals surface area contributed by atoms with Gasteiger partial charge in [0.1, 0.15) is 17.5 Å². The summed E-state index contributed by atoms with van der Waals surface area (Å²) in [6, 6.07) is 7.99. The van der Waals surface area contributed by atoms with Gasteiger partial charge in [0.05, 0.1) is 28.2 Å². The SMILES string of the molecule is Cc1nc(N[C@@H](C)c2nc3ccccc3[nH]2)c2c(C)nn(C)c2n1. The van der Waals surface area contributed by atoms with Gasteiger partial charge in [0.25, 0.3) is 0 Å². The molecule has 0 amide bonds. The third kappa shape index (κ3) is 2.29. The lowest BCUT2D eigenvalue weighted by atomic mass is 10.2. The van der Waals surface area contributed by atoms with E-state index in [1.165, 1.54) is 0 Å². The van der Waals surface area contributed by atoms with Crippen LogP contribution < -0.4 is 5.32 Å². The van der Waals surface area contributed by atoms with E-state index in [4.69, 9.17) is 0 Å². The number of anilines is 1. The van der Waals surface area contributed by atoms with Crippen molar-refractivity contribution >= 4 is 27.9 Å². The Bertz CT molecular complexity index is 1010. The maximum atomic E-state index is 4.66. The summed E-state index contributed by atoms with van der Waals surface area (Å²) in [5.41, 5.74) is 3.73. The van der Waals surface area contributed by atoms with E-state index in [0.29, 0.717) is 5.82 Å². The van der Waals surface area contributed by atoms with Gasteiger partial charge in [0.15, 0.2) is 5.65 Å². The predicted molar refractivity (Wildman–Crippen MR) is 93.9 cm³/mol. The fourth-order valence-electron chi connectivity index (χ4n) is 3.00. The molecular weight excluding hydrogens is 302 g/mol. The van der Waals surface area contributed by atoms with Gasteiger partial charge < -0.3 is 10.3 Å². The summed E-state index contributed by atoms with van der Waals surface area (Å²) in [5, 5.41) is 8.87. The van der Waals surface area contributed by atoms with Crippen LogP contribution in [0.4, 0.5) is 5.82 Å². The maximum absolute atomic E-state index is 4.66. The molecule has 4 rings (SSSR count). The number of aromatic nitrogens is 6. The molecule has 0 radical (unpaired) electrons. The van der Waals surface area contributed by atoms with E-state index in [9.17, 15) is 0 Å². The summed E-state index contributed by atoms with van der Waals surface area (Å²) >= 11 is 0. The van der Waals surface area contributed by atoms with Crippen molar-refractivity contribution in [3.05, 3.63) is 41.6 Å². The monoisotopic (exact) mass is 321 g/mol. The lowest BCUT2D eigenvalue weighted by molar-refractivity contribution is 0.770. The molecule has 0 saturated carbocycles. The number of H-pyrrole nitrogens is 1. The second-order valence-corrected chi connectivity index (χ2v) is 6.03. The Kier molecular flexibility index (Phi) is 3.23. The first kappa shape index (κ1) is 14.6. The Hall–Kier alpha value is -2.96. The third-order valence-corrected chi connectivity index (χ3v) is 4.14. The van der Waals surface area contributed by atoms with Gasteiger partial charge in [-0.05, 0) is 32.9 Å². The topological polar surface area (TPSA) is 84.3 Å². The van der Waals surface area contributed by atoms with Crippen LogP contribution in [0.5, 0.6) is 0 Å². The van der Waals surface area contributed by atoms with E-state index in [-0.39, 0.29) is 6.04 Å². The molecule has 7 heteroatoms. The van der Waals surface area contributed by atoms with Gasteiger partial charge in [0.2, 0.25) is 0 Å². The highest BCUT2D eigenvalue weighted by molar-refractivity contribution is 5.89. The van der Waals surface area contributed by atoms with E-state index in [1.807, 2.05) is 45.2 Å². The van der Waals surface area contributed by atoms with Crippen LogP contribution >= 0.6 is 0 Å². The number of aryl methyl sites for hydroxylation is 3. The minimum absolute atomic E-state index is 0.0190. The summed E-state index contributed by atoms with van der Waals surface area (Å²) in [4.78, 5) is 17.1. The number of nitrogens with zero attached hydrogens (tertiary/aromatic N) is 5. The molecule has 24 heavy (non-hydrogen) atoms. The molecule has 2 N–H and O–H groups in total. The molecule has 0 fully saturated rings. The van der Waals surface area contributed by atoms with Crippen LogP contribution in [0, 0.1) is 13.8 Å². The van der Waals surface area contributed by atoms with Crippen molar-refractivity contribution in [1.29, 1.82) is 0 Å². The lowest BCUT2D eigenvalue weighted by Gasteiger charge is -2.13. The highest BCUT2D eigenvalue weighted by Gasteiger charge is 2.17. The fourth-order valence-corrected chi connectivity index (χ4v) is 3.00. The number of aromatic amines is 1. The van der Waals surface area contributed by atoms with Gasteiger partial charge in [-0.3, -0.25) is 4.68 Å². The molecule has 0 unspecified atom stereocenters. The summed E-state index contributed by atoms with van der Waals surface area (Å²) in [6.07, 6.45) is 0. The van der Waals surface area contributed by atoms with Crippen LogP contribution in [0.3, 0.4) is 0 Å². The molecule has 1 atom stereocenters. The Labute approximate surface area is 139 Å². The van der Waals surface area contributed by atoms with Crippen LogP contribution in [-0.2, 0) is 7.05 Å². The number of hydrogen-bond acceptors (Lipinski definition) is 5. The number of imidazole rings is 1. The second-order valence-electron chi connectivity index (χ2n) is 6.03. The highest BCUT2D eigenvalue weighted by atomic mass is 15.3. The summed E-state index contributed by atoms with van der Waals surface area (Å²) in [5.74, 6) is 2.38. The first-order valence-corrected chi connectivity index (χ1v) is 7.92. The largest absolute Gasteiger partial charge is 0.360 e. The normalized spacial score (nSPS) is 12.8. The Morgan fingerprint density at radius 3 is 2.71 bits per heavy atom. The molecule has 122 valence electrons. The molecule has 3 aromatic heterocycles. The van der Waals surface area contributed by atoms with Crippen LogP contribution in [0.2, 0.25) is 0 Å². The van der Waals surface area contributed by atoms with Crippen molar-refractivity contribution < 1.29 is 0 Å². The van der Waals surface area contributed by atoms with Crippen molar-refractivity contribution in [3.63, 3.8) is 0 Å². The molecular formula is C17H19N7. The molecule has 0 aliphatic rings. The second kappa shape index (κ2) is 5.30. The van der Waals surface area contributed by atoms with Crippen LogP contribution in [0.15, 0.2) is 24.3 Å². The zero-order valence-electron chi connectivity index (χ0n) is 14.1. The number of nitrogens with one attached hydrogen (secondary N) is 2. The first-order valence-electron chi connectivity index (χ1n) is 7.92. The fraction of sp³-hybridized carbons (Fsp3) is 0.294. The Balaban J connectivity index is 1.75. The molecule has 4 aromatic rings. The van der Waals surface area contributed by atoms with Crippen LogP contribution in [0.25, 0.3) is 22.1 Å². The number of hydrogen-bond donors (Lipinski definition) is 2. The van der Waals surface area contributed by atoms with Crippen molar-refractivity contribution in [3.8, 4) is 0 Å². The van der Waals surface area contributed by atoms with E-state index in [2.05, 4.69) is 37.3 Å². The average Bonchev–Trinajstić information content (AvgIpc) is 3.09. The van der Waals surface area contributed by atoms with Gasteiger partial charge in [-0.25, -0.2) is 15.0 Å². The Morgan fingerprint density at radius 2 is 1.92 bits per heavy atom. The molecule has 0 aliphatic carbocycles. The number of benzene rings is 1. The zero-order chi connectivity index (χ0) is 16.8. The van der Waals surface area contributed by atoms with Crippen LogP contribution in [-0.4, -0.2) is 29.7 Å². The van der Waals surface area contributed by atoms with Gasteiger partial charge in [-0.1, -0.05) is 12.1 Å². The van der Waals surface area contributed by atoms with Gasteiger partial charge >= 0.3 is 0 Å². The minimum Gasteiger partial charge on any atom is -0.360 e. The van der Waals surface area contributed by atoms with Crippen molar-refractivity contribution in [2.24, 2.45) is 7.05 Å². The quantitative estimate of drug-likeness (QED) is 0.606. The summed E-state index contributed by atoms with van der Waals surface area (Å²) in [7, 11) is 1.90. The maximum Gasteiger partial charge on any atom is 0.163 e. The van der Waals surface area contributed by atoms with Crippen molar-refractivity contribution in [1.82, 2.24) is 29.7 Å². The van der Waals surface area contributed by atoms with Gasteiger partial charge in [-0.15, -0.1) is 0 Å². The molecule has 0 bridgehead atoms.